The van der Waals surface area contributed by atoms with Crippen molar-refractivity contribution in [1.82, 2.24) is 9.97 Å². The summed E-state index contributed by atoms with van der Waals surface area (Å²) in [7, 11) is 1.86. The average molecular weight is 226 g/mol. The van der Waals surface area contributed by atoms with Gasteiger partial charge in [0.1, 0.15) is 11.6 Å². The van der Waals surface area contributed by atoms with Gasteiger partial charge in [-0.3, -0.25) is 0 Å². The molecule has 0 radical (unpaired) electrons. The molecule has 1 heterocycles. The van der Waals surface area contributed by atoms with Crippen LogP contribution >= 0.6 is 11.8 Å². The van der Waals surface area contributed by atoms with E-state index in [2.05, 4.69) is 34.4 Å². The third kappa shape index (κ3) is 3.95. The Hall–Kier alpha value is -0.970. The summed E-state index contributed by atoms with van der Waals surface area (Å²) in [6.45, 7) is 5.26. The molecule has 0 spiro atoms. The molecule has 0 atom stereocenters. The van der Waals surface area contributed by atoms with Crippen LogP contribution in [0.3, 0.4) is 0 Å². The van der Waals surface area contributed by atoms with Crippen LogP contribution in [0.5, 0.6) is 0 Å². The molecule has 1 aromatic heterocycles. The van der Waals surface area contributed by atoms with Crippen molar-refractivity contribution in [1.29, 1.82) is 0 Å². The Labute approximate surface area is 95.3 Å². The zero-order valence-corrected chi connectivity index (χ0v) is 10.5. The minimum Gasteiger partial charge on any atom is -0.373 e. The largest absolute Gasteiger partial charge is 0.373 e. The van der Waals surface area contributed by atoms with Crippen LogP contribution < -0.4 is 10.6 Å². The fourth-order valence-electron chi connectivity index (χ4n) is 1.04. The van der Waals surface area contributed by atoms with Crippen molar-refractivity contribution in [2.24, 2.45) is 5.92 Å². The van der Waals surface area contributed by atoms with E-state index in [1.54, 1.807) is 11.8 Å². The summed E-state index contributed by atoms with van der Waals surface area (Å²) in [5.41, 5.74) is 0. The molecule has 0 bridgehead atoms. The summed E-state index contributed by atoms with van der Waals surface area (Å²) in [5, 5.41) is 7.10. The van der Waals surface area contributed by atoms with Crippen molar-refractivity contribution in [3.05, 3.63) is 6.07 Å². The van der Waals surface area contributed by atoms with Crippen LogP contribution in [0.1, 0.15) is 13.8 Å². The lowest BCUT2D eigenvalue weighted by atomic mass is 10.2. The molecule has 0 amide bonds. The van der Waals surface area contributed by atoms with Gasteiger partial charge < -0.3 is 10.6 Å². The first-order valence-corrected chi connectivity index (χ1v) is 6.23. The molecule has 0 fully saturated rings. The van der Waals surface area contributed by atoms with Crippen molar-refractivity contribution in [3.63, 3.8) is 0 Å². The lowest BCUT2D eigenvalue weighted by Crippen LogP contribution is -2.10. The monoisotopic (exact) mass is 226 g/mol. The van der Waals surface area contributed by atoms with Crippen LogP contribution in [0, 0.1) is 5.92 Å². The topological polar surface area (TPSA) is 49.8 Å². The highest BCUT2D eigenvalue weighted by atomic mass is 32.2. The van der Waals surface area contributed by atoms with E-state index in [4.69, 9.17) is 0 Å². The van der Waals surface area contributed by atoms with Gasteiger partial charge >= 0.3 is 0 Å². The molecule has 1 rings (SSSR count). The predicted octanol–water partition coefficient (Wildman–Crippen LogP) is 2.31. The fraction of sp³-hybridized carbons (Fsp3) is 0.600. The fourth-order valence-corrected chi connectivity index (χ4v) is 1.42. The molecule has 2 N–H and O–H groups in total. The van der Waals surface area contributed by atoms with Crippen LogP contribution in [0.25, 0.3) is 0 Å². The van der Waals surface area contributed by atoms with Crippen LogP contribution in [0.2, 0.25) is 0 Å². The van der Waals surface area contributed by atoms with Gasteiger partial charge in [-0.1, -0.05) is 25.6 Å². The highest BCUT2D eigenvalue weighted by molar-refractivity contribution is 7.98. The lowest BCUT2D eigenvalue weighted by Gasteiger charge is -2.10. The van der Waals surface area contributed by atoms with Gasteiger partial charge in [-0.05, 0) is 12.2 Å². The van der Waals surface area contributed by atoms with E-state index in [-0.39, 0.29) is 0 Å². The molecule has 0 aliphatic rings. The number of hydrogen-bond donors (Lipinski definition) is 2. The molecule has 0 unspecified atom stereocenters. The molecular weight excluding hydrogens is 208 g/mol. The first kappa shape index (κ1) is 12.1. The van der Waals surface area contributed by atoms with Crippen LogP contribution in [0.4, 0.5) is 11.6 Å². The Morgan fingerprint density at radius 2 is 2.00 bits per heavy atom. The SMILES string of the molecule is CNc1cc(NCC(C)C)nc(SC)n1. The minimum absolute atomic E-state index is 0.607. The van der Waals surface area contributed by atoms with Crippen molar-refractivity contribution in [3.8, 4) is 0 Å². The summed E-state index contributed by atoms with van der Waals surface area (Å²) in [5.74, 6) is 2.34. The highest BCUT2D eigenvalue weighted by Crippen LogP contribution is 2.16. The Kier molecular flexibility index (Phi) is 4.68. The Morgan fingerprint density at radius 1 is 1.33 bits per heavy atom. The number of nitrogens with one attached hydrogen (secondary N) is 2. The molecule has 0 aliphatic heterocycles. The van der Waals surface area contributed by atoms with Crippen LogP contribution in [0.15, 0.2) is 11.2 Å². The van der Waals surface area contributed by atoms with E-state index in [9.17, 15) is 0 Å². The number of aromatic nitrogens is 2. The zero-order valence-electron chi connectivity index (χ0n) is 9.66. The second-order valence-corrected chi connectivity index (χ2v) is 4.42. The molecule has 15 heavy (non-hydrogen) atoms. The molecule has 0 aliphatic carbocycles. The van der Waals surface area contributed by atoms with E-state index in [0.717, 1.165) is 23.3 Å². The second kappa shape index (κ2) is 5.80. The molecule has 0 saturated carbocycles. The Morgan fingerprint density at radius 3 is 2.53 bits per heavy atom. The average Bonchev–Trinajstić information content (AvgIpc) is 2.25. The first-order chi connectivity index (χ1) is 7.15. The van der Waals surface area contributed by atoms with Gasteiger partial charge in [-0.15, -0.1) is 0 Å². The second-order valence-electron chi connectivity index (χ2n) is 3.65. The molecule has 1 aromatic rings. The van der Waals surface area contributed by atoms with Gasteiger partial charge in [0, 0.05) is 19.7 Å². The van der Waals surface area contributed by atoms with Crippen molar-refractivity contribution in [2.45, 2.75) is 19.0 Å². The van der Waals surface area contributed by atoms with Gasteiger partial charge in [0.2, 0.25) is 0 Å². The van der Waals surface area contributed by atoms with E-state index in [1.807, 2.05) is 19.4 Å². The number of hydrogen-bond acceptors (Lipinski definition) is 5. The van der Waals surface area contributed by atoms with E-state index >= 15 is 0 Å². The molecule has 84 valence electrons. The Bertz CT molecular complexity index is 292. The van der Waals surface area contributed by atoms with Gasteiger partial charge in [-0.2, -0.15) is 0 Å². The van der Waals surface area contributed by atoms with Gasteiger partial charge in [0.05, 0.1) is 0 Å². The third-order valence-corrected chi connectivity index (χ3v) is 2.38. The standard InChI is InChI=1S/C10H18N4S/c1-7(2)6-12-9-5-8(11-3)13-10(14-9)15-4/h5,7H,6H2,1-4H3,(H2,11,12,13,14). The maximum absolute atomic E-state index is 4.37. The van der Waals surface area contributed by atoms with Gasteiger partial charge in [-0.25, -0.2) is 9.97 Å². The molecule has 0 aromatic carbocycles. The smallest absolute Gasteiger partial charge is 0.191 e. The quantitative estimate of drug-likeness (QED) is 0.596. The lowest BCUT2D eigenvalue weighted by molar-refractivity contribution is 0.685. The minimum atomic E-state index is 0.607. The number of nitrogens with zero attached hydrogens (tertiary/aromatic N) is 2. The summed E-state index contributed by atoms with van der Waals surface area (Å²) < 4.78 is 0. The molecule has 4 nitrogen and oxygen atoms in total. The maximum Gasteiger partial charge on any atom is 0.191 e. The third-order valence-electron chi connectivity index (χ3n) is 1.84. The van der Waals surface area contributed by atoms with Crippen molar-refractivity contribution in [2.75, 3.05) is 30.5 Å². The highest BCUT2D eigenvalue weighted by Gasteiger charge is 2.03. The van der Waals surface area contributed by atoms with E-state index < -0.39 is 0 Å². The van der Waals surface area contributed by atoms with Crippen LogP contribution in [-0.2, 0) is 0 Å². The molecule has 0 saturated heterocycles. The molecule has 5 heteroatoms. The number of thioether (sulfide) groups is 1. The number of rotatable bonds is 5. The van der Waals surface area contributed by atoms with Crippen molar-refractivity contribution >= 4 is 23.4 Å². The first-order valence-electron chi connectivity index (χ1n) is 5.00. The van der Waals surface area contributed by atoms with Gasteiger partial charge in [0.15, 0.2) is 5.16 Å². The van der Waals surface area contributed by atoms with E-state index in [1.165, 1.54) is 0 Å². The maximum atomic E-state index is 4.37. The summed E-state index contributed by atoms with van der Waals surface area (Å²) >= 11 is 1.54. The summed E-state index contributed by atoms with van der Waals surface area (Å²) in [6, 6.07) is 1.92. The van der Waals surface area contributed by atoms with Gasteiger partial charge in [0.25, 0.3) is 0 Å². The van der Waals surface area contributed by atoms with Crippen LogP contribution in [-0.4, -0.2) is 29.8 Å². The number of anilines is 2. The Balaban J connectivity index is 2.77. The summed E-state index contributed by atoms with van der Waals surface area (Å²) in [6.07, 6.45) is 1.97. The summed E-state index contributed by atoms with van der Waals surface area (Å²) in [4.78, 5) is 8.67. The zero-order chi connectivity index (χ0) is 11.3. The normalized spacial score (nSPS) is 10.5. The van der Waals surface area contributed by atoms with E-state index in [0.29, 0.717) is 5.92 Å². The van der Waals surface area contributed by atoms with Crippen molar-refractivity contribution < 1.29 is 0 Å². The predicted molar refractivity (Wildman–Crippen MR) is 66.7 cm³/mol. The molecular formula is C10H18N4S.